The van der Waals surface area contributed by atoms with Gasteiger partial charge in [-0.3, -0.25) is 4.79 Å². The Morgan fingerprint density at radius 3 is 2.73 bits per heavy atom. The minimum absolute atomic E-state index is 0.149. The number of benzene rings is 2. The fourth-order valence-corrected chi connectivity index (χ4v) is 3.76. The third kappa shape index (κ3) is 4.33. The van der Waals surface area contributed by atoms with Crippen LogP contribution >= 0.6 is 23.2 Å². The normalized spacial score (nSPS) is 11.0. The molecule has 2 aromatic carbocycles. The van der Waals surface area contributed by atoms with E-state index >= 15 is 0 Å². The lowest BCUT2D eigenvalue weighted by Crippen LogP contribution is -2.28. The van der Waals surface area contributed by atoms with Crippen LogP contribution in [-0.4, -0.2) is 28.5 Å². The van der Waals surface area contributed by atoms with Gasteiger partial charge in [0.1, 0.15) is 5.65 Å². The Kier molecular flexibility index (Phi) is 6.04. The van der Waals surface area contributed by atoms with Crippen molar-refractivity contribution in [2.45, 2.75) is 6.54 Å². The predicted octanol–water partition coefficient (Wildman–Crippen LogP) is 4.75. The van der Waals surface area contributed by atoms with E-state index in [0.29, 0.717) is 35.2 Å². The third-order valence-electron chi connectivity index (χ3n) is 4.82. The first-order valence-corrected chi connectivity index (χ1v) is 10.3. The first-order valence-electron chi connectivity index (χ1n) is 9.53. The highest BCUT2D eigenvalue weighted by Gasteiger charge is 2.11. The highest BCUT2D eigenvalue weighted by atomic mass is 35.5. The van der Waals surface area contributed by atoms with E-state index in [2.05, 4.69) is 5.32 Å². The quantitative estimate of drug-likeness (QED) is 0.456. The van der Waals surface area contributed by atoms with Gasteiger partial charge < -0.3 is 15.6 Å². The van der Waals surface area contributed by atoms with Gasteiger partial charge >= 0.3 is 0 Å². The van der Waals surface area contributed by atoms with Crippen LogP contribution in [0.1, 0.15) is 15.9 Å². The molecule has 0 radical (unpaired) electrons. The fourth-order valence-electron chi connectivity index (χ4n) is 3.29. The maximum atomic E-state index is 12.3. The summed E-state index contributed by atoms with van der Waals surface area (Å²) in [5, 5.41) is 5.05. The van der Waals surface area contributed by atoms with Crippen molar-refractivity contribution in [1.82, 2.24) is 14.9 Å². The zero-order valence-corrected chi connectivity index (χ0v) is 17.6. The topological polar surface area (TPSA) is 72.9 Å². The first-order chi connectivity index (χ1) is 14.5. The van der Waals surface area contributed by atoms with Gasteiger partial charge in [0.2, 0.25) is 0 Å². The van der Waals surface area contributed by atoms with Crippen LogP contribution in [-0.2, 0) is 6.54 Å². The molecule has 5 nitrogen and oxygen atoms in total. The zero-order chi connectivity index (χ0) is 21.1. The van der Waals surface area contributed by atoms with Gasteiger partial charge in [0.05, 0.1) is 12.2 Å². The lowest BCUT2D eigenvalue weighted by molar-refractivity contribution is 0.0955. The molecular weight excluding hydrogens is 419 g/mol. The number of nitrogens with two attached hydrogens (primary N) is 1. The van der Waals surface area contributed by atoms with Gasteiger partial charge in [0.25, 0.3) is 5.91 Å². The molecule has 0 bridgehead atoms. The number of hydrogen-bond donors (Lipinski definition) is 2. The summed E-state index contributed by atoms with van der Waals surface area (Å²) in [6.07, 6.45) is 1.99. The van der Waals surface area contributed by atoms with E-state index in [-0.39, 0.29) is 5.91 Å². The van der Waals surface area contributed by atoms with Crippen LogP contribution in [0.5, 0.6) is 0 Å². The summed E-state index contributed by atoms with van der Waals surface area (Å²) in [6, 6.07) is 18.9. The maximum Gasteiger partial charge on any atom is 0.251 e. The molecule has 0 aliphatic heterocycles. The molecule has 30 heavy (non-hydrogen) atoms. The van der Waals surface area contributed by atoms with Crippen LogP contribution in [0, 0.1) is 0 Å². The van der Waals surface area contributed by atoms with Gasteiger partial charge in [-0.2, -0.15) is 0 Å². The Morgan fingerprint density at radius 2 is 1.93 bits per heavy atom. The summed E-state index contributed by atoms with van der Waals surface area (Å²) >= 11 is 12.4. The number of carbonyl (C=O) groups excluding carboxylic acids is 1. The molecule has 0 fully saturated rings. The molecule has 2 heterocycles. The van der Waals surface area contributed by atoms with Crippen molar-refractivity contribution in [2.24, 2.45) is 5.73 Å². The van der Waals surface area contributed by atoms with Gasteiger partial charge in [0.15, 0.2) is 0 Å². The van der Waals surface area contributed by atoms with Crippen molar-refractivity contribution in [3.05, 3.63) is 88.0 Å². The molecule has 0 unspecified atom stereocenters. The van der Waals surface area contributed by atoms with Crippen molar-refractivity contribution in [1.29, 1.82) is 0 Å². The minimum atomic E-state index is -0.149. The van der Waals surface area contributed by atoms with Gasteiger partial charge in [0, 0.05) is 45.8 Å². The number of aromatic nitrogens is 2. The largest absolute Gasteiger partial charge is 0.351 e. The van der Waals surface area contributed by atoms with E-state index in [9.17, 15) is 4.79 Å². The second-order valence-corrected chi connectivity index (χ2v) is 7.76. The van der Waals surface area contributed by atoms with E-state index in [1.54, 1.807) is 12.1 Å². The number of fused-ring (bicyclic) bond motifs is 1. The molecule has 1 amide bonds. The summed E-state index contributed by atoms with van der Waals surface area (Å²) in [5.41, 5.74) is 9.50. The molecule has 4 aromatic rings. The smallest absolute Gasteiger partial charge is 0.251 e. The SMILES string of the molecule is NCCNC(=O)c1cccc(-c2ccc3ccn(Cc4ccc(Cl)cc4Cl)c3n2)c1. The Labute approximate surface area is 184 Å². The van der Waals surface area contributed by atoms with E-state index in [1.165, 1.54) is 0 Å². The summed E-state index contributed by atoms with van der Waals surface area (Å²) in [6.45, 7) is 1.42. The molecule has 4 rings (SSSR count). The van der Waals surface area contributed by atoms with Gasteiger partial charge in [-0.15, -0.1) is 0 Å². The molecule has 152 valence electrons. The molecule has 0 aliphatic carbocycles. The summed E-state index contributed by atoms with van der Waals surface area (Å²) < 4.78 is 2.05. The second-order valence-electron chi connectivity index (χ2n) is 6.91. The standard InChI is InChI=1S/C23H20Cl2N4O/c24-19-6-4-18(20(25)13-19)14-29-11-8-15-5-7-21(28-22(15)29)16-2-1-3-17(12-16)23(30)27-10-9-26/h1-8,11-13H,9-10,14,26H2,(H,27,30). The summed E-state index contributed by atoms with van der Waals surface area (Å²) in [4.78, 5) is 17.1. The van der Waals surface area contributed by atoms with Gasteiger partial charge in [-0.05, 0) is 48.0 Å². The van der Waals surface area contributed by atoms with E-state index < -0.39 is 0 Å². The van der Waals surface area contributed by atoms with Crippen LogP contribution in [0.3, 0.4) is 0 Å². The van der Waals surface area contributed by atoms with E-state index in [1.807, 2.05) is 59.3 Å². The summed E-state index contributed by atoms with van der Waals surface area (Å²) in [5.74, 6) is -0.149. The highest BCUT2D eigenvalue weighted by molar-refractivity contribution is 6.35. The van der Waals surface area contributed by atoms with Crippen LogP contribution in [0.4, 0.5) is 0 Å². The average molecular weight is 439 g/mol. The van der Waals surface area contributed by atoms with E-state index in [0.717, 1.165) is 27.9 Å². The molecule has 0 saturated heterocycles. The van der Waals surface area contributed by atoms with E-state index in [4.69, 9.17) is 33.9 Å². The number of halogens is 2. The van der Waals surface area contributed by atoms with Crippen LogP contribution < -0.4 is 11.1 Å². The molecule has 0 aliphatic rings. The lowest BCUT2D eigenvalue weighted by atomic mass is 10.1. The number of nitrogens with zero attached hydrogens (tertiary/aromatic N) is 2. The van der Waals surface area contributed by atoms with Crippen LogP contribution in [0.15, 0.2) is 66.9 Å². The van der Waals surface area contributed by atoms with Crippen molar-refractivity contribution in [2.75, 3.05) is 13.1 Å². The lowest BCUT2D eigenvalue weighted by Gasteiger charge is -2.09. The van der Waals surface area contributed by atoms with Gasteiger partial charge in [-0.1, -0.05) is 41.4 Å². The molecular formula is C23H20Cl2N4O. The molecule has 0 atom stereocenters. The average Bonchev–Trinajstić information content (AvgIpc) is 3.16. The van der Waals surface area contributed by atoms with Crippen molar-refractivity contribution < 1.29 is 4.79 Å². The van der Waals surface area contributed by atoms with Crippen molar-refractivity contribution >= 4 is 40.1 Å². The molecule has 7 heteroatoms. The fraction of sp³-hybridized carbons (Fsp3) is 0.130. The molecule has 0 saturated carbocycles. The maximum absolute atomic E-state index is 12.3. The molecule has 2 aromatic heterocycles. The number of rotatable bonds is 6. The van der Waals surface area contributed by atoms with Crippen LogP contribution in [0.25, 0.3) is 22.3 Å². The third-order valence-corrected chi connectivity index (χ3v) is 5.40. The summed E-state index contributed by atoms with van der Waals surface area (Å²) in [7, 11) is 0. The highest BCUT2D eigenvalue weighted by Crippen LogP contribution is 2.26. The number of carbonyl (C=O) groups is 1. The Balaban J connectivity index is 1.67. The van der Waals surface area contributed by atoms with Crippen molar-refractivity contribution in [3.8, 4) is 11.3 Å². The minimum Gasteiger partial charge on any atom is -0.351 e. The Morgan fingerprint density at radius 1 is 1.07 bits per heavy atom. The number of nitrogens with one attached hydrogen (secondary N) is 1. The number of pyridine rings is 1. The molecule has 3 N–H and O–H groups in total. The number of amides is 1. The number of hydrogen-bond acceptors (Lipinski definition) is 3. The Hall–Kier alpha value is -2.86. The predicted molar refractivity (Wildman–Crippen MR) is 122 cm³/mol. The van der Waals surface area contributed by atoms with Crippen molar-refractivity contribution in [3.63, 3.8) is 0 Å². The monoisotopic (exact) mass is 438 g/mol. The second kappa shape index (κ2) is 8.88. The van der Waals surface area contributed by atoms with Gasteiger partial charge in [-0.25, -0.2) is 4.98 Å². The zero-order valence-electron chi connectivity index (χ0n) is 16.1. The molecule has 0 spiro atoms. The Bertz CT molecular complexity index is 1220. The first kappa shape index (κ1) is 20.4. The van der Waals surface area contributed by atoms with Crippen LogP contribution in [0.2, 0.25) is 10.0 Å².